The van der Waals surface area contributed by atoms with E-state index in [1.807, 2.05) is 30.3 Å². The second-order valence-corrected chi connectivity index (χ2v) is 8.54. The molecule has 0 fully saturated rings. The topological polar surface area (TPSA) is 75.0 Å². The summed E-state index contributed by atoms with van der Waals surface area (Å²) in [6.07, 6.45) is 1.75. The predicted octanol–water partition coefficient (Wildman–Crippen LogP) is 6.68. The summed E-state index contributed by atoms with van der Waals surface area (Å²) in [5.41, 5.74) is 2.61. The molecule has 0 aliphatic rings. The number of amides is 1. The van der Waals surface area contributed by atoms with Gasteiger partial charge in [-0.25, -0.2) is 4.98 Å². The van der Waals surface area contributed by atoms with Crippen LogP contribution in [0.4, 0.5) is 5.69 Å². The molecule has 0 unspecified atom stereocenters. The fraction of sp³-hybridized carbons (Fsp3) is 0.0417. The van der Waals surface area contributed by atoms with Crippen molar-refractivity contribution in [2.75, 3.05) is 11.9 Å². The van der Waals surface area contributed by atoms with Gasteiger partial charge in [-0.15, -0.1) is 11.3 Å². The summed E-state index contributed by atoms with van der Waals surface area (Å²) in [5.74, 6) is 0.168. The number of nitrogens with zero attached hydrogens (tertiary/aromatic N) is 2. The van der Waals surface area contributed by atoms with Gasteiger partial charge in [-0.1, -0.05) is 47.5 Å². The van der Waals surface area contributed by atoms with E-state index in [0.717, 1.165) is 15.8 Å². The number of benzene rings is 3. The van der Waals surface area contributed by atoms with E-state index in [1.54, 1.807) is 42.5 Å². The number of halogens is 2. The number of ether oxygens (including phenoxy) is 1. The number of allylic oxidation sites excluding steroid dienone is 1. The van der Waals surface area contributed by atoms with Crippen LogP contribution in [-0.2, 0) is 4.79 Å². The highest BCUT2D eigenvalue weighted by Gasteiger charge is 2.10. The van der Waals surface area contributed by atoms with Gasteiger partial charge in [0, 0.05) is 5.69 Å². The van der Waals surface area contributed by atoms with Crippen molar-refractivity contribution in [2.24, 2.45) is 0 Å². The van der Waals surface area contributed by atoms with E-state index in [9.17, 15) is 10.1 Å². The first-order chi connectivity index (χ1) is 15.5. The molecular weight excluding hydrogens is 465 g/mol. The minimum atomic E-state index is -0.337. The number of carbonyl (C=O) groups excluding carboxylic acids is 1. The Bertz CT molecular complexity index is 1340. The maximum atomic E-state index is 12.2. The van der Waals surface area contributed by atoms with Gasteiger partial charge in [-0.05, 0) is 54.1 Å². The Morgan fingerprint density at radius 1 is 1.09 bits per heavy atom. The second-order valence-electron chi connectivity index (χ2n) is 6.69. The standard InChI is InChI=1S/C24H15Cl2N3O2S/c25-19-9-8-17(12-20(19)26)28-23(30)14-31-18-5-3-4-15(11-18)10-16(13-27)24-29-21-6-1-2-7-22(21)32-24/h1-12H,14H2,(H,28,30)/b16-10+. The number of nitriles is 1. The van der Waals surface area contributed by atoms with E-state index < -0.39 is 0 Å². The van der Waals surface area contributed by atoms with E-state index in [0.29, 0.717) is 32.1 Å². The van der Waals surface area contributed by atoms with E-state index in [2.05, 4.69) is 16.4 Å². The third kappa shape index (κ3) is 5.27. The van der Waals surface area contributed by atoms with Crippen molar-refractivity contribution in [2.45, 2.75) is 0 Å². The van der Waals surface area contributed by atoms with Gasteiger partial charge in [0.15, 0.2) is 6.61 Å². The van der Waals surface area contributed by atoms with Crippen LogP contribution in [0.3, 0.4) is 0 Å². The van der Waals surface area contributed by atoms with Gasteiger partial charge >= 0.3 is 0 Å². The molecule has 1 heterocycles. The van der Waals surface area contributed by atoms with Gasteiger partial charge in [0.25, 0.3) is 5.91 Å². The van der Waals surface area contributed by atoms with Gasteiger partial charge < -0.3 is 10.1 Å². The zero-order valence-corrected chi connectivity index (χ0v) is 18.8. The minimum absolute atomic E-state index is 0.184. The number of para-hydroxylation sites is 1. The average molecular weight is 480 g/mol. The number of carbonyl (C=O) groups is 1. The Labute approximate surface area is 198 Å². The number of nitrogens with one attached hydrogen (secondary N) is 1. The summed E-state index contributed by atoms with van der Waals surface area (Å²) in [7, 11) is 0. The van der Waals surface area contributed by atoms with Crippen molar-refractivity contribution in [3.05, 3.63) is 87.3 Å². The van der Waals surface area contributed by atoms with Gasteiger partial charge in [-0.3, -0.25) is 4.79 Å². The zero-order valence-electron chi connectivity index (χ0n) is 16.5. The maximum absolute atomic E-state index is 12.2. The summed E-state index contributed by atoms with van der Waals surface area (Å²) in [6, 6.07) is 22.0. The van der Waals surface area contributed by atoms with Crippen LogP contribution in [-0.4, -0.2) is 17.5 Å². The van der Waals surface area contributed by atoms with Crippen LogP contribution in [0, 0.1) is 11.3 Å². The summed E-state index contributed by atoms with van der Waals surface area (Å²) in [4.78, 5) is 16.7. The molecule has 5 nitrogen and oxygen atoms in total. The summed E-state index contributed by atoms with van der Waals surface area (Å²) >= 11 is 13.3. The van der Waals surface area contributed by atoms with E-state index >= 15 is 0 Å². The average Bonchev–Trinajstić information content (AvgIpc) is 3.23. The zero-order chi connectivity index (χ0) is 22.5. The monoisotopic (exact) mass is 479 g/mol. The minimum Gasteiger partial charge on any atom is -0.484 e. The molecule has 1 amide bonds. The molecule has 0 atom stereocenters. The fourth-order valence-electron chi connectivity index (χ4n) is 2.91. The second kappa shape index (κ2) is 9.84. The molecule has 4 rings (SSSR count). The van der Waals surface area contributed by atoms with Gasteiger partial charge in [-0.2, -0.15) is 5.26 Å². The predicted molar refractivity (Wildman–Crippen MR) is 130 cm³/mol. The van der Waals surface area contributed by atoms with Crippen LogP contribution in [0.2, 0.25) is 10.0 Å². The molecule has 4 aromatic rings. The fourth-order valence-corrected chi connectivity index (χ4v) is 4.14. The molecule has 0 radical (unpaired) electrons. The van der Waals surface area contributed by atoms with Crippen molar-refractivity contribution in [1.29, 1.82) is 5.26 Å². The molecule has 0 spiro atoms. The molecule has 0 saturated carbocycles. The molecular formula is C24H15Cl2N3O2S. The van der Waals surface area contributed by atoms with E-state index in [4.69, 9.17) is 27.9 Å². The molecule has 8 heteroatoms. The Hall–Kier alpha value is -3.37. The molecule has 158 valence electrons. The number of hydrogen-bond acceptors (Lipinski definition) is 5. The lowest BCUT2D eigenvalue weighted by molar-refractivity contribution is -0.118. The summed E-state index contributed by atoms with van der Waals surface area (Å²) in [6.45, 7) is -0.184. The molecule has 0 saturated heterocycles. The smallest absolute Gasteiger partial charge is 0.262 e. The number of thiazole rings is 1. The van der Waals surface area contributed by atoms with Crippen molar-refractivity contribution in [3.8, 4) is 11.8 Å². The van der Waals surface area contributed by atoms with E-state index in [-0.39, 0.29) is 12.5 Å². The maximum Gasteiger partial charge on any atom is 0.262 e. The van der Waals surface area contributed by atoms with E-state index in [1.165, 1.54) is 11.3 Å². The van der Waals surface area contributed by atoms with Crippen molar-refractivity contribution >= 4 is 68.0 Å². The van der Waals surface area contributed by atoms with Crippen LogP contribution in [0.15, 0.2) is 66.7 Å². The largest absolute Gasteiger partial charge is 0.484 e. The third-order valence-electron chi connectivity index (χ3n) is 4.39. The van der Waals surface area contributed by atoms with Crippen LogP contribution in [0.1, 0.15) is 10.6 Å². The summed E-state index contributed by atoms with van der Waals surface area (Å²) < 4.78 is 6.63. The quantitative estimate of drug-likeness (QED) is 0.312. The molecule has 1 N–H and O–H groups in total. The number of hydrogen-bond donors (Lipinski definition) is 1. The first kappa shape index (κ1) is 21.8. The normalized spacial score (nSPS) is 11.2. The molecule has 0 bridgehead atoms. The van der Waals surface area contributed by atoms with Gasteiger partial charge in [0.05, 0.1) is 25.8 Å². The Morgan fingerprint density at radius 2 is 1.94 bits per heavy atom. The highest BCUT2D eigenvalue weighted by atomic mass is 35.5. The lowest BCUT2D eigenvalue weighted by atomic mass is 10.1. The Kier molecular flexibility index (Phi) is 6.72. The SMILES string of the molecule is N#C/C(=C\c1cccc(OCC(=O)Nc2ccc(Cl)c(Cl)c2)c1)c1nc2ccccc2s1. The lowest BCUT2D eigenvalue weighted by Gasteiger charge is -2.09. The highest BCUT2D eigenvalue weighted by Crippen LogP contribution is 2.28. The van der Waals surface area contributed by atoms with Gasteiger partial charge in [0.1, 0.15) is 16.8 Å². The molecule has 32 heavy (non-hydrogen) atoms. The Morgan fingerprint density at radius 3 is 2.72 bits per heavy atom. The number of rotatable bonds is 6. The van der Waals surface area contributed by atoms with Crippen molar-refractivity contribution in [1.82, 2.24) is 4.98 Å². The van der Waals surface area contributed by atoms with Crippen molar-refractivity contribution in [3.63, 3.8) is 0 Å². The van der Waals surface area contributed by atoms with Crippen LogP contribution >= 0.6 is 34.5 Å². The summed E-state index contributed by atoms with van der Waals surface area (Å²) in [5, 5.41) is 13.8. The molecule has 1 aromatic heterocycles. The molecule has 0 aliphatic heterocycles. The molecule has 3 aromatic carbocycles. The highest BCUT2D eigenvalue weighted by molar-refractivity contribution is 7.19. The van der Waals surface area contributed by atoms with Gasteiger partial charge in [0.2, 0.25) is 0 Å². The first-order valence-corrected chi connectivity index (χ1v) is 11.0. The number of anilines is 1. The Balaban J connectivity index is 1.45. The van der Waals surface area contributed by atoms with Crippen molar-refractivity contribution < 1.29 is 9.53 Å². The van der Waals surface area contributed by atoms with Crippen LogP contribution in [0.25, 0.3) is 21.9 Å². The molecule has 0 aliphatic carbocycles. The third-order valence-corrected chi connectivity index (χ3v) is 6.20. The first-order valence-electron chi connectivity index (χ1n) is 9.47. The number of fused-ring (bicyclic) bond motifs is 1. The van der Waals surface area contributed by atoms with Crippen LogP contribution in [0.5, 0.6) is 5.75 Å². The van der Waals surface area contributed by atoms with Crippen LogP contribution < -0.4 is 10.1 Å². The number of aromatic nitrogens is 1. The lowest BCUT2D eigenvalue weighted by Crippen LogP contribution is -2.20.